The monoisotopic (exact) mass is 236 g/mol. The van der Waals surface area contributed by atoms with Gasteiger partial charge >= 0.3 is 0 Å². The van der Waals surface area contributed by atoms with Crippen LogP contribution in [-0.4, -0.2) is 26.1 Å². The number of rotatable bonds is 2. The van der Waals surface area contributed by atoms with E-state index in [1.807, 2.05) is 0 Å². The van der Waals surface area contributed by atoms with Crippen LogP contribution in [0.1, 0.15) is 10.6 Å². The molecule has 0 saturated heterocycles. The molecule has 1 amide bonds. The Balaban J connectivity index is 2.28. The first-order chi connectivity index (χ1) is 8.08. The molecule has 0 bridgehead atoms. The highest BCUT2D eigenvalue weighted by Crippen LogP contribution is 2.30. The molecule has 0 radical (unpaired) electrons. The smallest absolute Gasteiger partial charge is 0.291 e. The van der Waals surface area contributed by atoms with E-state index in [4.69, 9.17) is 10.2 Å². The van der Waals surface area contributed by atoms with Crippen LogP contribution in [0, 0.1) is 0 Å². The highest BCUT2D eigenvalue weighted by Gasteiger charge is 2.17. The molecule has 2 aromatic heterocycles. The summed E-state index contributed by atoms with van der Waals surface area (Å²) >= 11 is 0. The van der Waals surface area contributed by atoms with E-state index >= 15 is 0 Å². The molecule has 8 heteroatoms. The summed E-state index contributed by atoms with van der Waals surface area (Å²) in [5.74, 6) is -2.21. The average molecular weight is 236 g/mol. The third kappa shape index (κ3) is 2.09. The van der Waals surface area contributed by atoms with Crippen LogP contribution in [0.4, 0.5) is 11.6 Å². The zero-order valence-electron chi connectivity index (χ0n) is 8.41. The van der Waals surface area contributed by atoms with Gasteiger partial charge in [-0.05, 0) is 12.1 Å². The van der Waals surface area contributed by atoms with Crippen molar-refractivity contribution in [1.29, 1.82) is 0 Å². The molecule has 17 heavy (non-hydrogen) atoms. The zero-order valence-corrected chi connectivity index (χ0v) is 8.41. The van der Waals surface area contributed by atoms with Gasteiger partial charge in [-0.1, -0.05) is 0 Å². The van der Waals surface area contributed by atoms with Crippen molar-refractivity contribution in [2.75, 3.05) is 11.1 Å². The lowest BCUT2D eigenvalue weighted by molar-refractivity contribution is 0.0995. The number of carbonyl (C=O) groups is 1. The molecule has 88 valence electrons. The molecular formula is C9H8N4O4. The number of carbonyl (C=O) groups excluding carboxylic acids is 1. The Morgan fingerprint density at radius 2 is 2.00 bits per heavy atom. The Bertz CT molecular complexity index is 529. The molecule has 2 rings (SSSR count). The lowest BCUT2D eigenvalue weighted by Gasteiger charge is -2.06. The van der Waals surface area contributed by atoms with Gasteiger partial charge in [-0.25, -0.2) is 0 Å². The number of aromatic hydroxyl groups is 2. The summed E-state index contributed by atoms with van der Waals surface area (Å²) in [7, 11) is 0. The maximum absolute atomic E-state index is 11.6. The second-order valence-electron chi connectivity index (χ2n) is 3.04. The Kier molecular flexibility index (Phi) is 2.53. The molecule has 2 heterocycles. The number of anilines is 2. The first-order valence-corrected chi connectivity index (χ1v) is 4.48. The van der Waals surface area contributed by atoms with Gasteiger partial charge in [-0.2, -0.15) is 9.97 Å². The summed E-state index contributed by atoms with van der Waals surface area (Å²) in [6, 6.07) is 2.94. The van der Waals surface area contributed by atoms with Crippen molar-refractivity contribution < 1.29 is 19.4 Å². The summed E-state index contributed by atoms with van der Waals surface area (Å²) in [6.45, 7) is 0. The van der Waals surface area contributed by atoms with E-state index in [-0.39, 0.29) is 17.4 Å². The van der Waals surface area contributed by atoms with E-state index in [0.717, 1.165) is 0 Å². The number of nitrogens with zero attached hydrogens (tertiary/aromatic N) is 2. The largest absolute Gasteiger partial charge is 0.492 e. The van der Waals surface area contributed by atoms with Gasteiger partial charge in [0.25, 0.3) is 5.91 Å². The third-order valence-electron chi connectivity index (χ3n) is 1.87. The van der Waals surface area contributed by atoms with E-state index < -0.39 is 17.7 Å². The molecule has 5 N–H and O–H groups in total. The molecule has 2 aromatic rings. The minimum atomic E-state index is -0.658. The molecule has 0 fully saturated rings. The molecule has 0 atom stereocenters. The van der Waals surface area contributed by atoms with Crippen LogP contribution in [-0.2, 0) is 0 Å². The SMILES string of the molecule is Nc1nc(O)c(NC(=O)c2ccco2)c(O)n1. The van der Waals surface area contributed by atoms with Crippen molar-refractivity contribution in [3.63, 3.8) is 0 Å². The Morgan fingerprint density at radius 3 is 2.53 bits per heavy atom. The Labute approximate surface area is 94.7 Å². The highest BCUT2D eigenvalue weighted by molar-refractivity contribution is 6.03. The van der Waals surface area contributed by atoms with Crippen LogP contribution in [0.3, 0.4) is 0 Å². The van der Waals surface area contributed by atoms with Crippen LogP contribution in [0.5, 0.6) is 11.8 Å². The number of nitrogens with two attached hydrogens (primary N) is 1. The van der Waals surface area contributed by atoms with Gasteiger partial charge in [0.2, 0.25) is 17.7 Å². The fourth-order valence-corrected chi connectivity index (χ4v) is 1.15. The van der Waals surface area contributed by atoms with E-state index in [2.05, 4.69) is 15.3 Å². The molecule has 0 aliphatic heterocycles. The van der Waals surface area contributed by atoms with Gasteiger partial charge in [-0.3, -0.25) is 4.79 Å². The minimum absolute atomic E-state index is 0.0145. The summed E-state index contributed by atoms with van der Waals surface area (Å²) in [4.78, 5) is 18.3. The van der Waals surface area contributed by atoms with Crippen LogP contribution in [0.2, 0.25) is 0 Å². The quantitative estimate of drug-likeness (QED) is 0.589. The van der Waals surface area contributed by atoms with E-state index in [0.29, 0.717) is 0 Å². The Hall–Kier alpha value is -2.77. The van der Waals surface area contributed by atoms with Crippen LogP contribution < -0.4 is 11.1 Å². The molecule has 0 aliphatic rings. The number of hydrogen-bond donors (Lipinski definition) is 4. The number of aromatic nitrogens is 2. The zero-order chi connectivity index (χ0) is 12.4. The molecule has 0 saturated carbocycles. The van der Waals surface area contributed by atoms with Crippen molar-refractivity contribution >= 4 is 17.5 Å². The first-order valence-electron chi connectivity index (χ1n) is 4.48. The fourth-order valence-electron chi connectivity index (χ4n) is 1.15. The van der Waals surface area contributed by atoms with E-state index in [9.17, 15) is 15.0 Å². The minimum Gasteiger partial charge on any atom is -0.492 e. The van der Waals surface area contributed by atoms with Crippen molar-refractivity contribution in [1.82, 2.24) is 9.97 Å². The maximum atomic E-state index is 11.6. The molecule has 0 aromatic carbocycles. The predicted molar refractivity (Wildman–Crippen MR) is 56.4 cm³/mol. The summed E-state index contributed by atoms with van der Waals surface area (Å²) in [5.41, 5.74) is 4.85. The fraction of sp³-hybridized carbons (Fsp3) is 0. The number of nitrogens with one attached hydrogen (secondary N) is 1. The van der Waals surface area contributed by atoms with E-state index in [1.165, 1.54) is 18.4 Å². The summed E-state index contributed by atoms with van der Waals surface area (Å²) in [5, 5.41) is 21.0. The number of nitrogen functional groups attached to an aromatic ring is 1. The first kappa shape index (κ1) is 10.7. The number of amides is 1. The van der Waals surface area contributed by atoms with Crippen LogP contribution >= 0.6 is 0 Å². The van der Waals surface area contributed by atoms with Crippen LogP contribution in [0.15, 0.2) is 22.8 Å². The summed E-state index contributed by atoms with van der Waals surface area (Å²) in [6.07, 6.45) is 1.31. The van der Waals surface area contributed by atoms with E-state index in [1.54, 1.807) is 0 Å². The lowest BCUT2D eigenvalue weighted by atomic mass is 10.4. The predicted octanol–water partition coefficient (Wildman–Crippen LogP) is 0.315. The highest BCUT2D eigenvalue weighted by atomic mass is 16.3. The summed E-state index contributed by atoms with van der Waals surface area (Å²) < 4.78 is 4.83. The van der Waals surface area contributed by atoms with Crippen molar-refractivity contribution in [2.24, 2.45) is 0 Å². The molecule has 8 nitrogen and oxygen atoms in total. The average Bonchev–Trinajstić information content (AvgIpc) is 2.76. The van der Waals surface area contributed by atoms with Crippen LogP contribution in [0.25, 0.3) is 0 Å². The van der Waals surface area contributed by atoms with Gasteiger partial charge in [0.15, 0.2) is 11.4 Å². The van der Waals surface area contributed by atoms with Gasteiger partial charge in [-0.15, -0.1) is 0 Å². The second-order valence-corrected chi connectivity index (χ2v) is 3.04. The van der Waals surface area contributed by atoms with Gasteiger partial charge in [0.1, 0.15) is 0 Å². The third-order valence-corrected chi connectivity index (χ3v) is 1.87. The molecule has 0 aliphatic carbocycles. The molecule has 0 unspecified atom stereocenters. The lowest BCUT2D eigenvalue weighted by Crippen LogP contribution is -2.12. The van der Waals surface area contributed by atoms with Gasteiger partial charge in [0.05, 0.1) is 6.26 Å². The van der Waals surface area contributed by atoms with Crippen molar-refractivity contribution in [2.45, 2.75) is 0 Å². The normalized spacial score (nSPS) is 10.1. The number of furan rings is 1. The number of hydrogen-bond acceptors (Lipinski definition) is 7. The standard InChI is InChI=1S/C9H8N4O4/c10-9-12-7(15)5(8(16)13-9)11-6(14)4-2-1-3-17-4/h1-3H,(H,11,14)(H4,10,12,13,15,16). The molecule has 0 spiro atoms. The maximum Gasteiger partial charge on any atom is 0.291 e. The van der Waals surface area contributed by atoms with Gasteiger partial charge in [0, 0.05) is 0 Å². The second kappa shape index (κ2) is 4.00. The van der Waals surface area contributed by atoms with Crippen molar-refractivity contribution in [3.8, 4) is 11.8 Å². The van der Waals surface area contributed by atoms with Crippen molar-refractivity contribution in [3.05, 3.63) is 24.2 Å². The van der Waals surface area contributed by atoms with Gasteiger partial charge < -0.3 is 25.7 Å². The Morgan fingerprint density at radius 1 is 1.35 bits per heavy atom. The topological polar surface area (TPSA) is 134 Å². The molecular weight excluding hydrogens is 228 g/mol.